The first kappa shape index (κ1) is 31.6. The number of hydrogen-bond donors (Lipinski definition) is 4. The van der Waals surface area contributed by atoms with Gasteiger partial charge in [0.25, 0.3) is 0 Å². The summed E-state index contributed by atoms with van der Waals surface area (Å²) in [4.78, 5) is 50.7. The second-order valence-corrected chi connectivity index (χ2v) is 9.94. The summed E-state index contributed by atoms with van der Waals surface area (Å²) >= 11 is 0. The van der Waals surface area contributed by atoms with E-state index in [1.165, 1.54) is 6.08 Å². The van der Waals surface area contributed by atoms with E-state index in [1.807, 2.05) is 30.3 Å². The van der Waals surface area contributed by atoms with Gasteiger partial charge < -0.3 is 30.5 Å². The third-order valence-corrected chi connectivity index (χ3v) is 6.57. The van der Waals surface area contributed by atoms with Crippen LogP contribution in [0, 0.1) is 5.92 Å². The maximum Gasteiger partial charge on any atom is 0.408 e. The van der Waals surface area contributed by atoms with Gasteiger partial charge in [-0.05, 0) is 38.2 Å². The van der Waals surface area contributed by atoms with Crippen LogP contribution < -0.4 is 16.0 Å². The molecule has 0 unspecified atom stereocenters. The zero-order valence-corrected chi connectivity index (χ0v) is 22.7. The second-order valence-electron chi connectivity index (χ2n) is 9.94. The lowest BCUT2D eigenvalue weighted by Crippen LogP contribution is -2.53. The molecule has 214 valence electrons. The zero-order valence-electron chi connectivity index (χ0n) is 22.7. The number of alkyl carbamates (subject to hydrolysis) is 1. The van der Waals surface area contributed by atoms with Gasteiger partial charge in [0.1, 0.15) is 19.3 Å². The van der Waals surface area contributed by atoms with E-state index >= 15 is 0 Å². The summed E-state index contributed by atoms with van der Waals surface area (Å²) in [7, 11) is 0. The zero-order chi connectivity index (χ0) is 28.7. The van der Waals surface area contributed by atoms with E-state index in [-0.39, 0.29) is 44.5 Å². The van der Waals surface area contributed by atoms with Crippen LogP contribution in [-0.2, 0) is 30.5 Å². The number of nitrogens with one attached hydrogen (secondary N) is 3. The minimum atomic E-state index is -0.995. The van der Waals surface area contributed by atoms with Crippen LogP contribution in [0.5, 0.6) is 0 Å². The summed E-state index contributed by atoms with van der Waals surface area (Å²) in [6, 6.07) is 7.75. The van der Waals surface area contributed by atoms with Crippen LogP contribution in [-0.4, -0.2) is 59.8 Å². The molecule has 1 aliphatic carbocycles. The molecule has 0 aliphatic heterocycles. The molecule has 1 fully saturated rings. The normalized spacial score (nSPS) is 16.2. The predicted molar refractivity (Wildman–Crippen MR) is 146 cm³/mol. The summed E-state index contributed by atoms with van der Waals surface area (Å²) < 4.78 is 10.8. The smallest absolute Gasteiger partial charge is 0.408 e. The van der Waals surface area contributed by atoms with E-state index in [1.54, 1.807) is 13.0 Å². The van der Waals surface area contributed by atoms with Crippen molar-refractivity contribution in [2.24, 2.45) is 5.92 Å². The van der Waals surface area contributed by atoms with Crippen molar-refractivity contribution in [3.05, 3.63) is 61.2 Å². The van der Waals surface area contributed by atoms with Crippen molar-refractivity contribution in [1.29, 1.82) is 0 Å². The van der Waals surface area contributed by atoms with E-state index in [0.717, 1.165) is 18.4 Å². The highest BCUT2D eigenvalue weighted by molar-refractivity contribution is 5.86. The Bertz CT molecular complexity index is 976. The molecule has 39 heavy (non-hydrogen) atoms. The molecule has 1 saturated carbocycles. The highest BCUT2D eigenvalue weighted by atomic mass is 16.6. The number of aliphatic hydroxyl groups is 1. The van der Waals surface area contributed by atoms with Gasteiger partial charge in [0, 0.05) is 12.5 Å². The van der Waals surface area contributed by atoms with Crippen molar-refractivity contribution in [3.8, 4) is 0 Å². The summed E-state index contributed by atoms with van der Waals surface area (Å²) in [5, 5.41) is 17.4. The van der Waals surface area contributed by atoms with Crippen LogP contribution in [0.4, 0.5) is 4.79 Å². The first-order valence-electron chi connectivity index (χ1n) is 13.3. The number of allylic oxidation sites excluding steroid dienone is 1. The average molecular weight is 544 g/mol. The van der Waals surface area contributed by atoms with Gasteiger partial charge in [-0.3, -0.25) is 9.59 Å². The molecular weight excluding hydrogens is 502 g/mol. The quantitative estimate of drug-likeness (QED) is 0.185. The fraction of sp³-hybridized carbons (Fsp3) is 0.517. The van der Waals surface area contributed by atoms with Crippen molar-refractivity contribution in [3.63, 3.8) is 0 Å². The Morgan fingerprint density at radius 1 is 1.03 bits per heavy atom. The molecule has 0 bridgehead atoms. The van der Waals surface area contributed by atoms with Gasteiger partial charge in [0.15, 0.2) is 0 Å². The van der Waals surface area contributed by atoms with Crippen LogP contribution in [0.1, 0.15) is 57.4 Å². The minimum absolute atomic E-state index is 0.0560. The van der Waals surface area contributed by atoms with Gasteiger partial charge in [-0.15, -0.1) is 13.2 Å². The van der Waals surface area contributed by atoms with Gasteiger partial charge >= 0.3 is 12.1 Å². The first-order valence-corrected chi connectivity index (χ1v) is 13.3. The minimum Gasteiger partial charge on any atom is -0.462 e. The SMILES string of the molecule is C=CC[C@@H](CC(=O)N[C@@H](C)CO)C(=O)NC1(COC(=O)[C@@H](CC=C)NC(=O)OCc2ccccc2)CCCC1. The molecule has 10 heteroatoms. The van der Waals surface area contributed by atoms with Gasteiger partial charge in [0.2, 0.25) is 11.8 Å². The maximum absolute atomic E-state index is 13.2. The van der Waals surface area contributed by atoms with E-state index in [9.17, 15) is 19.2 Å². The van der Waals surface area contributed by atoms with Crippen molar-refractivity contribution in [1.82, 2.24) is 16.0 Å². The van der Waals surface area contributed by atoms with Crippen molar-refractivity contribution in [2.45, 2.75) is 76.1 Å². The summed E-state index contributed by atoms with van der Waals surface area (Å²) in [5.41, 5.74) is 0.0395. The second kappa shape index (κ2) is 16.3. The molecule has 2 rings (SSSR count). The Balaban J connectivity index is 1.97. The molecule has 3 atom stereocenters. The van der Waals surface area contributed by atoms with E-state index < -0.39 is 35.6 Å². The van der Waals surface area contributed by atoms with Crippen molar-refractivity contribution in [2.75, 3.05) is 13.2 Å². The number of benzene rings is 1. The fourth-order valence-corrected chi connectivity index (χ4v) is 4.41. The third kappa shape index (κ3) is 10.9. The maximum atomic E-state index is 13.2. The van der Waals surface area contributed by atoms with E-state index in [2.05, 4.69) is 29.1 Å². The Kier molecular flexibility index (Phi) is 13.2. The van der Waals surface area contributed by atoms with Crippen LogP contribution in [0.2, 0.25) is 0 Å². The lowest BCUT2D eigenvalue weighted by Gasteiger charge is -2.32. The van der Waals surface area contributed by atoms with Gasteiger partial charge in [-0.2, -0.15) is 0 Å². The Morgan fingerprint density at radius 2 is 1.69 bits per heavy atom. The molecule has 1 aromatic carbocycles. The summed E-state index contributed by atoms with van der Waals surface area (Å²) in [6.45, 7) is 8.79. The number of rotatable bonds is 16. The lowest BCUT2D eigenvalue weighted by atomic mass is 9.94. The van der Waals surface area contributed by atoms with Crippen LogP contribution in [0.25, 0.3) is 0 Å². The van der Waals surface area contributed by atoms with Gasteiger partial charge in [-0.25, -0.2) is 9.59 Å². The molecule has 1 aliphatic rings. The lowest BCUT2D eigenvalue weighted by molar-refractivity contribution is -0.149. The van der Waals surface area contributed by atoms with Gasteiger partial charge in [-0.1, -0.05) is 55.3 Å². The van der Waals surface area contributed by atoms with Gasteiger partial charge in [0.05, 0.1) is 18.1 Å². The first-order chi connectivity index (χ1) is 18.7. The van der Waals surface area contributed by atoms with Crippen molar-refractivity contribution >= 4 is 23.9 Å². The Hall–Kier alpha value is -3.66. The Morgan fingerprint density at radius 3 is 2.31 bits per heavy atom. The third-order valence-electron chi connectivity index (χ3n) is 6.57. The molecule has 0 radical (unpaired) electrons. The van der Waals surface area contributed by atoms with Crippen LogP contribution in [0.15, 0.2) is 55.6 Å². The van der Waals surface area contributed by atoms with Crippen molar-refractivity contribution < 1.29 is 33.8 Å². The number of ether oxygens (including phenoxy) is 2. The average Bonchev–Trinajstić information content (AvgIpc) is 3.39. The standard InChI is InChI=1S/C29H41N3O7/c1-4-11-23(17-25(34)30-21(3)18-33)26(35)32-29(15-9-10-16-29)20-39-27(36)24(12-5-2)31-28(37)38-19-22-13-7-6-8-14-22/h4-8,13-14,21,23-24,33H,1-2,9-12,15-20H2,3H3,(H,30,34)(H,31,37)(H,32,35)/t21-,23-,24+/m0/s1. The van der Waals surface area contributed by atoms with E-state index in [4.69, 9.17) is 14.6 Å². The largest absolute Gasteiger partial charge is 0.462 e. The molecule has 1 aromatic rings. The predicted octanol–water partition coefficient (Wildman–Crippen LogP) is 2.91. The topological polar surface area (TPSA) is 143 Å². The number of esters is 1. The Labute approximate surface area is 230 Å². The molecule has 0 aromatic heterocycles. The van der Waals surface area contributed by atoms with Crippen LogP contribution in [0.3, 0.4) is 0 Å². The van der Waals surface area contributed by atoms with Crippen LogP contribution >= 0.6 is 0 Å². The fourth-order valence-electron chi connectivity index (χ4n) is 4.41. The molecule has 0 saturated heterocycles. The number of aliphatic hydroxyl groups excluding tert-OH is 1. The molecule has 4 N–H and O–H groups in total. The molecule has 10 nitrogen and oxygen atoms in total. The molecule has 3 amide bonds. The molecule has 0 spiro atoms. The number of carbonyl (C=O) groups is 4. The number of carbonyl (C=O) groups excluding carboxylic acids is 4. The summed E-state index contributed by atoms with van der Waals surface area (Å²) in [6.07, 6.45) is 5.60. The highest BCUT2D eigenvalue weighted by Crippen LogP contribution is 2.31. The molecular formula is C29H41N3O7. The monoisotopic (exact) mass is 543 g/mol. The molecule has 0 heterocycles. The highest BCUT2D eigenvalue weighted by Gasteiger charge is 2.39. The number of amides is 3. The van der Waals surface area contributed by atoms with E-state index in [0.29, 0.717) is 19.3 Å². The summed E-state index contributed by atoms with van der Waals surface area (Å²) in [5.74, 6) is -1.99. The number of hydrogen-bond acceptors (Lipinski definition) is 7.